The molecule has 2 heterocycles. The van der Waals surface area contributed by atoms with Gasteiger partial charge in [-0.3, -0.25) is 0 Å². The van der Waals surface area contributed by atoms with E-state index in [2.05, 4.69) is 126 Å². The van der Waals surface area contributed by atoms with Crippen molar-refractivity contribution >= 4 is 57.2 Å². The van der Waals surface area contributed by atoms with Crippen LogP contribution in [0.15, 0.2) is 121 Å². The topological polar surface area (TPSA) is 6.48 Å². The Morgan fingerprint density at radius 2 is 1.06 bits per heavy atom. The van der Waals surface area contributed by atoms with E-state index in [1.54, 1.807) is 0 Å². The van der Waals surface area contributed by atoms with Crippen molar-refractivity contribution < 1.29 is 1.37 Å². The quantitative estimate of drug-likeness (QED) is 0.304. The minimum Gasteiger partial charge on any atom is -0.311 e. The molecular weight excluding hydrogens is 411 g/mol. The van der Waals surface area contributed by atoms with Gasteiger partial charge in [-0.15, -0.1) is 0 Å². The number of rotatable bonds is 2. The number of hydrogen-bond acceptors (Lipinski definition) is 2. The van der Waals surface area contributed by atoms with Gasteiger partial charge in [0.2, 0.25) is 0 Å². The summed E-state index contributed by atoms with van der Waals surface area (Å²) in [5, 5.41) is 0. The lowest BCUT2D eigenvalue weighted by Gasteiger charge is -2.44. The van der Waals surface area contributed by atoms with E-state index in [1.165, 1.54) is 39.0 Å². The average Bonchev–Trinajstić information content (AvgIpc) is 2.89. The zero-order chi connectivity index (χ0) is 23.5. The molecule has 5 aromatic carbocycles. The van der Waals surface area contributed by atoms with Crippen LogP contribution in [0.25, 0.3) is 0 Å². The Morgan fingerprint density at radius 3 is 1.68 bits per heavy atom. The van der Waals surface area contributed by atoms with Crippen molar-refractivity contribution in [1.29, 1.82) is 0 Å². The molecule has 2 aliphatic heterocycles. The van der Waals surface area contributed by atoms with Crippen LogP contribution >= 0.6 is 0 Å². The highest BCUT2D eigenvalue weighted by Crippen LogP contribution is 2.43. The molecule has 0 fully saturated rings. The van der Waals surface area contributed by atoms with Crippen molar-refractivity contribution in [1.82, 2.24) is 0 Å². The Kier molecular flexibility index (Phi) is 3.96. The largest absolute Gasteiger partial charge is 0.311 e. The third-order valence-corrected chi connectivity index (χ3v) is 6.99. The second-order valence-corrected chi connectivity index (χ2v) is 9.04. The molecule has 0 spiro atoms. The summed E-state index contributed by atoms with van der Waals surface area (Å²) in [5.41, 5.74) is 12.0. The fourth-order valence-corrected chi connectivity index (χ4v) is 5.68. The molecule has 0 aliphatic carbocycles. The van der Waals surface area contributed by atoms with Crippen LogP contribution in [0, 0.1) is 6.92 Å². The van der Waals surface area contributed by atoms with Crippen LogP contribution in [0.3, 0.4) is 0 Å². The van der Waals surface area contributed by atoms with Gasteiger partial charge in [-0.05, 0) is 77.4 Å². The summed E-state index contributed by atoms with van der Waals surface area (Å²) >= 11 is 0. The number of fused-ring (bicyclic) bond motifs is 4. The number of hydrogen-bond donors (Lipinski definition) is 0. The lowest BCUT2D eigenvalue weighted by Crippen LogP contribution is -2.61. The maximum Gasteiger partial charge on any atom is 0.252 e. The van der Waals surface area contributed by atoms with Gasteiger partial charge in [0.25, 0.3) is 6.71 Å². The molecule has 0 saturated heterocycles. The van der Waals surface area contributed by atoms with E-state index < -0.39 is 0 Å². The summed E-state index contributed by atoms with van der Waals surface area (Å²) < 4.78 is 8.49. The molecule has 0 saturated carbocycles. The zero-order valence-corrected chi connectivity index (χ0v) is 18.9. The molecule has 0 aromatic heterocycles. The van der Waals surface area contributed by atoms with Crippen molar-refractivity contribution in [2.24, 2.45) is 0 Å². The molecule has 34 heavy (non-hydrogen) atoms. The van der Waals surface area contributed by atoms with Crippen molar-refractivity contribution in [2.75, 3.05) is 9.80 Å². The van der Waals surface area contributed by atoms with Crippen molar-refractivity contribution in [3.05, 3.63) is 127 Å². The van der Waals surface area contributed by atoms with Gasteiger partial charge in [-0.1, -0.05) is 72.8 Å². The van der Waals surface area contributed by atoms with E-state index in [1.807, 2.05) is 6.07 Å². The highest BCUT2D eigenvalue weighted by molar-refractivity contribution is 7.00. The SMILES string of the molecule is [2H]c1ccc2c(c1)B1c3ccccc3N(c3ccccc3)c3cc(C)cc(c31)N2c1ccccc1. The van der Waals surface area contributed by atoms with Crippen molar-refractivity contribution in [3.63, 3.8) is 0 Å². The smallest absolute Gasteiger partial charge is 0.252 e. The second-order valence-electron chi connectivity index (χ2n) is 9.04. The lowest BCUT2D eigenvalue weighted by molar-refractivity contribution is 1.24. The van der Waals surface area contributed by atoms with Gasteiger partial charge < -0.3 is 9.80 Å². The summed E-state index contributed by atoms with van der Waals surface area (Å²) in [5.74, 6) is 0. The van der Waals surface area contributed by atoms with Crippen LogP contribution in [-0.4, -0.2) is 6.71 Å². The molecule has 160 valence electrons. The Bertz CT molecular complexity index is 1570. The highest BCUT2D eigenvalue weighted by Gasteiger charge is 2.42. The summed E-state index contributed by atoms with van der Waals surface area (Å²) in [6.45, 7) is 2.25. The number of benzene rings is 5. The number of para-hydroxylation sites is 4. The Balaban J connectivity index is 1.61. The van der Waals surface area contributed by atoms with Crippen LogP contribution in [0.5, 0.6) is 0 Å². The molecule has 2 aliphatic rings. The number of nitrogens with zero attached hydrogens (tertiary/aromatic N) is 2. The third kappa shape index (κ3) is 2.70. The molecule has 0 atom stereocenters. The maximum atomic E-state index is 8.49. The molecule has 0 amide bonds. The van der Waals surface area contributed by atoms with Gasteiger partial charge >= 0.3 is 0 Å². The Morgan fingerprint density at radius 1 is 0.559 bits per heavy atom. The van der Waals surface area contributed by atoms with Crippen LogP contribution in [-0.2, 0) is 0 Å². The van der Waals surface area contributed by atoms with E-state index in [4.69, 9.17) is 1.37 Å². The fraction of sp³-hybridized carbons (Fsp3) is 0.0323. The fourth-order valence-electron chi connectivity index (χ4n) is 5.68. The first kappa shape index (κ1) is 18.2. The Labute approximate surface area is 202 Å². The Hall–Kier alpha value is -4.24. The summed E-state index contributed by atoms with van der Waals surface area (Å²) in [4.78, 5) is 4.77. The first-order valence-corrected chi connectivity index (χ1v) is 11.7. The molecule has 2 nitrogen and oxygen atoms in total. The first-order chi connectivity index (χ1) is 17.2. The lowest BCUT2D eigenvalue weighted by atomic mass is 9.33. The summed E-state index contributed by atoms with van der Waals surface area (Å²) in [6, 6.07) is 41.2. The van der Waals surface area contributed by atoms with Gasteiger partial charge in [0, 0.05) is 34.1 Å². The van der Waals surface area contributed by atoms with Crippen molar-refractivity contribution in [3.8, 4) is 0 Å². The van der Waals surface area contributed by atoms with E-state index >= 15 is 0 Å². The highest BCUT2D eigenvalue weighted by atomic mass is 15.2. The minimum absolute atomic E-state index is 0.0667. The molecule has 7 rings (SSSR count). The van der Waals surface area contributed by atoms with Gasteiger partial charge in [0.15, 0.2) is 0 Å². The molecular formula is C31H23BN2. The van der Waals surface area contributed by atoms with E-state index in [9.17, 15) is 0 Å². The second kappa shape index (κ2) is 7.39. The summed E-state index contributed by atoms with van der Waals surface area (Å²) in [7, 11) is 0. The van der Waals surface area contributed by atoms with Gasteiger partial charge in [-0.2, -0.15) is 0 Å². The van der Waals surface area contributed by atoms with E-state index in [0.717, 1.165) is 17.1 Å². The maximum absolute atomic E-state index is 8.49. The number of aryl methyl sites for hydroxylation is 1. The molecule has 0 unspecified atom stereocenters. The predicted octanol–water partition coefficient (Wildman–Crippen LogP) is 6.08. The van der Waals surface area contributed by atoms with Gasteiger partial charge in [0.1, 0.15) is 0 Å². The third-order valence-electron chi connectivity index (χ3n) is 6.99. The van der Waals surface area contributed by atoms with E-state index in [0.29, 0.717) is 6.04 Å². The van der Waals surface area contributed by atoms with Crippen LogP contribution in [0.4, 0.5) is 34.1 Å². The van der Waals surface area contributed by atoms with E-state index in [-0.39, 0.29) is 6.71 Å². The van der Waals surface area contributed by atoms with Crippen LogP contribution < -0.4 is 26.2 Å². The predicted molar refractivity (Wildman–Crippen MR) is 145 cm³/mol. The zero-order valence-electron chi connectivity index (χ0n) is 19.9. The monoisotopic (exact) mass is 435 g/mol. The first-order valence-electron chi connectivity index (χ1n) is 12.2. The van der Waals surface area contributed by atoms with Crippen molar-refractivity contribution in [2.45, 2.75) is 6.92 Å². The number of anilines is 6. The van der Waals surface area contributed by atoms with Crippen LogP contribution in [0.1, 0.15) is 6.93 Å². The minimum atomic E-state index is 0.0667. The summed E-state index contributed by atoms with van der Waals surface area (Å²) in [6.07, 6.45) is 0. The average molecular weight is 435 g/mol. The molecule has 3 heteroatoms. The van der Waals surface area contributed by atoms with Gasteiger partial charge in [-0.25, -0.2) is 0 Å². The van der Waals surface area contributed by atoms with Crippen LogP contribution in [0.2, 0.25) is 0 Å². The molecule has 0 bridgehead atoms. The standard InChI is InChI=1S/C31H23BN2/c1-22-20-29-31-30(21-22)34(24-14-6-3-7-15-24)28-19-11-9-17-26(28)32(31)25-16-8-10-18-27(25)33(29)23-12-4-2-5-13-23/h2-21H,1H3/i8D. The normalized spacial score (nSPS) is 13.7. The van der Waals surface area contributed by atoms with Gasteiger partial charge in [0.05, 0.1) is 1.37 Å². The molecule has 5 aromatic rings. The molecule has 0 radical (unpaired) electrons. The molecule has 0 N–H and O–H groups in total.